The monoisotopic (exact) mass is 232 g/mol. The number of benzene rings is 1. The first-order valence-electron chi connectivity index (χ1n) is 5.70. The number of hydrogen-bond acceptors (Lipinski definition) is 2. The van der Waals surface area contributed by atoms with E-state index in [0.29, 0.717) is 6.42 Å². The van der Waals surface area contributed by atoms with E-state index in [9.17, 15) is 4.79 Å². The molecule has 0 radical (unpaired) electrons. The minimum absolute atomic E-state index is 0.100. The number of carboxylic acid groups (broad SMARTS) is 1. The molecule has 17 heavy (non-hydrogen) atoms. The molecule has 2 rings (SSSR count). The fourth-order valence-electron chi connectivity index (χ4n) is 2.06. The topological polar surface area (TPSA) is 55.1 Å². The fourth-order valence-corrected chi connectivity index (χ4v) is 2.06. The number of aromatic nitrogens is 2. The lowest BCUT2D eigenvalue weighted by Gasteiger charge is -2.08. The van der Waals surface area contributed by atoms with E-state index in [2.05, 4.69) is 4.98 Å². The van der Waals surface area contributed by atoms with Gasteiger partial charge in [0, 0.05) is 19.9 Å². The van der Waals surface area contributed by atoms with Crippen molar-refractivity contribution in [2.24, 2.45) is 13.0 Å². The molecule has 0 amide bonds. The minimum atomic E-state index is -0.753. The third-order valence-corrected chi connectivity index (χ3v) is 2.93. The molecule has 2 aromatic rings. The highest BCUT2D eigenvalue weighted by Crippen LogP contribution is 2.17. The number of para-hydroxylation sites is 2. The maximum atomic E-state index is 10.6. The highest BCUT2D eigenvalue weighted by Gasteiger charge is 2.13. The van der Waals surface area contributed by atoms with Crippen molar-refractivity contribution >= 4 is 17.0 Å². The third-order valence-electron chi connectivity index (χ3n) is 2.93. The molecule has 1 N–H and O–H groups in total. The Balaban J connectivity index is 2.24. The summed E-state index contributed by atoms with van der Waals surface area (Å²) in [5.74, 6) is 0.291. The molecule has 1 heterocycles. The van der Waals surface area contributed by atoms with Crippen LogP contribution < -0.4 is 0 Å². The second-order valence-corrected chi connectivity index (χ2v) is 4.48. The maximum Gasteiger partial charge on any atom is 0.303 e. The van der Waals surface area contributed by atoms with Crippen molar-refractivity contribution in [3.05, 3.63) is 30.1 Å². The molecule has 90 valence electrons. The van der Waals surface area contributed by atoms with E-state index in [-0.39, 0.29) is 12.3 Å². The van der Waals surface area contributed by atoms with Gasteiger partial charge in [-0.25, -0.2) is 4.98 Å². The zero-order valence-corrected chi connectivity index (χ0v) is 10.1. The highest BCUT2D eigenvalue weighted by molar-refractivity contribution is 5.75. The first-order chi connectivity index (χ1) is 8.08. The summed E-state index contributed by atoms with van der Waals surface area (Å²) in [4.78, 5) is 15.2. The summed E-state index contributed by atoms with van der Waals surface area (Å²) in [6.07, 6.45) is 0.876. The van der Waals surface area contributed by atoms with E-state index >= 15 is 0 Å². The number of carboxylic acids is 1. The number of hydrogen-bond donors (Lipinski definition) is 1. The number of imidazole rings is 1. The number of carbonyl (C=O) groups is 1. The van der Waals surface area contributed by atoms with Crippen LogP contribution >= 0.6 is 0 Å². The average molecular weight is 232 g/mol. The SMILES string of the molecule is CC(CC(=O)O)Cc1nc2ccccc2n1C. The van der Waals surface area contributed by atoms with Crippen molar-refractivity contribution < 1.29 is 9.90 Å². The second kappa shape index (κ2) is 4.57. The van der Waals surface area contributed by atoms with Crippen LogP contribution in [0.15, 0.2) is 24.3 Å². The predicted octanol–water partition coefficient (Wildman–Crippen LogP) is 2.23. The molecule has 4 heteroatoms. The predicted molar refractivity (Wildman–Crippen MR) is 65.8 cm³/mol. The number of fused-ring (bicyclic) bond motifs is 1. The molecular formula is C13H16N2O2. The van der Waals surface area contributed by atoms with E-state index in [0.717, 1.165) is 16.9 Å². The Morgan fingerprint density at radius 3 is 2.82 bits per heavy atom. The second-order valence-electron chi connectivity index (χ2n) is 4.48. The first-order valence-corrected chi connectivity index (χ1v) is 5.70. The summed E-state index contributed by atoms with van der Waals surface area (Å²) in [7, 11) is 1.97. The summed E-state index contributed by atoms with van der Waals surface area (Å²) in [6.45, 7) is 1.94. The van der Waals surface area contributed by atoms with Gasteiger partial charge in [-0.2, -0.15) is 0 Å². The van der Waals surface area contributed by atoms with Gasteiger partial charge < -0.3 is 9.67 Å². The molecule has 0 bridgehead atoms. The van der Waals surface area contributed by atoms with Crippen LogP contribution in [0.5, 0.6) is 0 Å². The van der Waals surface area contributed by atoms with Crippen molar-refractivity contribution in [2.45, 2.75) is 19.8 Å². The van der Waals surface area contributed by atoms with E-state index < -0.39 is 5.97 Å². The van der Waals surface area contributed by atoms with Crippen molar-refractivity contribution in [3.8, 4) is 0 Å². The number of rotatable bonds is 4. The van der Waals surface area contributed by atoms with E-state index in [1.165, 1.54) is 0 Å². The molecule has 0 aliphatic carbocycles. The molecule has 0 spiro atoms. The van der Waals surface area contributed by atoms with Gasteiger partial charge in [-0.1, -0.05) is 19.1 Å². The number of nitrogens with zero attached hydrogens (tertiary/aromatic N) is 2. The normalized spacial score (nSPS) is 12.8. The summed E-state index contributed by atoms with van der Waals surface area (Å²) >= 11 is 0. The molecule has 0 aliphatic rings. The quantitative estimate of drug-likeness (QED) is 0.879. The van der Waals surface area contributed by atoms with Crippen LogP contribution in [0.2, 0.25) is 0 Å². The van der Waals surface area contributed by atoms with Gasteiger partial charge in [-0.15, -0.1) is 0 Å². The Bertz CT molecular complexity index is 545. The van der Waals surface area contributed by atoms with Crippen LogP contribution in [0.4, 0.5) is 0 Å². The number of aliphatic carboxylic acids is 1. The zero-order valence-electron chi connectivity index (χ0n) is 10.1. The van der Waals surface area contributed by atoms with Gasteiger partial charge in [-0.05, 0) is 18.1 Å². The molecule has 0 aliphatic heterocycles. The van der Waals surface area contributed by atoms with Crippen molar-refractivity contribution in [1.29, 1.82) is 0 Å². The molecule has 1 atom stereocenters. The van der Waals surface area contributed by atoms with Gasteiger partial charge in [0.05, 0.1) is 11.0 Å². The summed E-state index contributed by atoms with van der Waals surface area (Å²) in [6, 6.07) is 7.93. The van der Waals surface area contributed by atoms with Gasteiger partial charge in [0.15, 0.2) is 0 Å². The van der Waals surface area contributed by atoms with Crippen LogP contribution in [-0.2, 0) is 18.3 Å². The van der Waals surface area contributed by atoms with Gasteiger partial charge >= 0.3 is 5.97 Å². The highest BCUT2D eigenvalue weighted by atomic mass is 16.4. The van der Waals surface area contributed by atoms with Gasteiger partial charge in [0.25, 0.3) is 0 Å². The molecule has 1 aromatic carbocycles. The Labute approximate surface area is 99.9 Å². The molecule has 1 unspecified atom stereocenters. The van der Waals surface area contributed by atoms with Crippen molar-refractivity contribution in [3.63, 3.8) is 0 Å². The van der Waals surface area contributed by atoms with E-state index in [1.807, 2.05) is 42.8 Å². The molecule has 4 nitrogen and oxygen atoms in total. The Kier molecular flexibility index (Phi) is 3.13. The van der Waals surface area contributed by atoms with Crippen LogP contribution in [0.1, 0.15) is 19.2 Å². The molecular weight excluding hydrogens is 216 g/mol. The maximum absolute atomic E-state index is 10.6. The lowest BCUT2D eigenvalue weighted by atomic mass is 10.0. The van der Waals surface area contributed by atoms with E-state index in [4.69, 9.17) is 5.11 Å². The standard InChI is InChI=1S/C13H16N2O2/c1-9(8-13(16)17)7-12-14-10-5-3-4-6-11(10)15(12)2/h3-6,9H,7-8H2,1-2H3,(H,16,17). The lowest BCUT2D eigenvalue weighted by molar-refractivity contribution is -0.137. The first kappa shape index (κ1) is 11.6. The Morgan fingerprint density at radius 1 is 1.47 bits per heavy atom. The van der Waals surface area contributed by atoms with Crippen LogP contribution in [0.3, 0.4) is 0 Å². The van der Waals surface area contributed by atoms with Gasteiger partial charge in [0.1, 0.15) is 5.82 Å². The summed E-state index contributed by atoms with van der Waals surface area (Å²) in [5.41, 5.74) is 2.05. The van der Waals surface area contributed by atoms with Crippen LogP contribution in [0, 0.1) is 5.92 Å². The van der Waals surface area contributed by atoms with Crippen LogP contribution in [0.25, 0.3) is 11.0 Å². The Hall–Kier alpha value is -1.84. The van der Waals surface area contributed by atoms with Crippen molar-refractivity contribution in [2.75, 3.05) is 0 Å². The third kappa shape index (κ3) is 2.46. The molecule has 0 fully saturated rings. The fraction of sp³-hybridized carbons (Fsp3) is 0.385. The van der Waals surface area contributed by atoms with Crippen LogP contribution in [-0.4, -0.2) is 20.6 Å². The van der Waals surface area contributed by atoms with Crippen molar-refractivity contribution in [1.82, 2.24) is 9.55 Å². The van der Waals surface area contributed by atoms with Gasteiger partial charge in [-0.3, -0.25) is 4.79 Å². The average Bonchev–Trinajstić information content (AvgIpc) is 2.55. The van der Waals surface area contributed by atoms with Gasteiger partial charge in [0.2, 0.25) is 0 Å². The zero-order chi connectivity index (χ0) is 12.4. The summed E-state index contributed by atoms with van der Waals surface area (Å²) < 4.78 is 2.04. The summed E-state index contributed by atoms with van der Waals surface area (Å²) in [5, 5.41) is 8.74. The minimum Gasteiger partial charge on any atom is -0.481 e. The molecule has 0 saturated carbocycles. The number of aryl methyl sites for hydroxylation is 1. The Morgan fingerprint density at radius 2 is 2.18 bits per heavy atom. The molecule has 1 aromatic heterocycles. The van der Waals surface area contributed by atoms with E-state index in [1.54, 1.807) is 0 Å². The lowest BCUT2D eigenvalue weighted by Crippen LogP contribution is -2.10. The molecule has 0 saturated heterocycles. The smallest absolute Gasteiger partial charge is 0.303 e. The largest absolute Gasteiger partial charge is 0.481 e.